The number of para-hydroxylation sites is 1. The van der Waals surface area contributed by atoms with E-state index in [-0.39, 0.29) is 5.75 Å². The van der Waals surface area contributed by atoms with Crippen molar-refractivity contribution in [2.24, 2.45) is 7.05 Å². The molecule has 2 aromatic carbocycles. The highest BCUT2D eigenvalue weighted by Crippen LogP contribution is 2.25. The highest BCUT2D eigenvalue weighted by atomic mass is 19.3. The molecule has 0 bridgehead atoms. The number of methoxy groups -OCH3 is 1. The number of benzene rings is 2. The SMILES string of the molecule is COc1cccc(C(NC(=O)/C=C/c2ccccc2OC(F)F)c2nccn2C)c1. The van der Waals surface area contributed by atoms with E-state index in [1.54, 1.807) is 48.3 Å². The van der Waals surface area contributed by atoms with Crippen molar-refractivity contribution in [2.75, 3.05) is 7.11 Å². The topological polar surface area (TPSA) is 65.4 Å². The minimum atomic E-state index is -2.95. The third-order valence-corrected chi connectivity index (χ3v) is 4.38. The Bertz CT molecular complexity index is 1030. The molecule has 3 aromatic rings. The molecule has 1 heterocycles. The van der Waals surface area contributed by atoms with Crippen LogP contribution >= 0.6 is 0 Å². The van der Waals surface area contributed by atoms with Crippen molar-refractivity contribution >= 4 is 12.0 Å². The van der Waals surface area contributed by atoms with Crippen LogP contribution in [0.3, 0.4) is 0 Å². The van der Waals surface area contributed by atoms with Crippen LogP contribution in [0.4, 0.5) is 8.78 Å². The number of amides is 1. The summed E-state index contributed by atoms with van der Waals surface area (Å²) in [4.78, 5) is 17.0. The highest BCUT2D eigenvalue weighted by molar-refractivity contribution is 5.92. The first kappa shape index (κ1) is 21.0. The molecule has 0 fully saturated rings. The molecule has 1 N–H and O–H groups in total. The first-order valence-corrected chi connectivity index (χ1v) is 9.11. The Morgan fingerprint density at radius 2 is 2.00 bits per heavy atom. The van der Waals surface area contributed by atoms with Gasteiger partial charge in [-0.25, -0.2) is 4.98 Å². The number of aryl methyl sites for hydroxylation is 1. The third kappa shape index (κ3) is 5.22. The highest BCUT2D eigenvalue weighted by Gasteiger charge is 2.20. The summed E-state index contributed by atoms with van der Waals surface area (Å²) in [5.74, 6) is 0.851. The maximum atomic E-state index is 12.6. The molecule has 1 unspecified atom stereocenters. The second-order valence-corrected chi connectivity index (χ2v) is 6.36. The van der Waals surface area contributed by atoms with E-state index in [1.807, 2.05) is 25.2 Å². The average Bonchev–Trinajstić information content (AvgIpc) is 3.16. The summed E-state index contributed by atoms with van der Waals surface area (Å²) in [5.41, 5.74) is 1.15. The molecular weight excluding hydrogens is 392 g/mol. The Morgan fingerprint density at radius 1 is 1.20 bits per heavy atom. The summed E-state index contributed by atoms with van der Waals surface area (Å²) in [5, 5.41) is 2.90. The van der Waals surface area contributed by atoms with Gasteiger partial charge in [0.2, 0.25) is 5.91 Å². The summed E-state index contributed by atoms with van der Waals surface area (Å²) in [6.07, 6.45) is 6.11. The van der Waals surface area contributed by atoms with Gasteiger partial charge < -0.3 is 19.4 Å². The fraction of sp³-hybridized carbons (Fsp3) is 0.182. The van der Waals surface area contributed by atoms with Crippen LogP contribution in [0.1, 0.15) is 23.0 Å². The van der Waals surface area contributed by atoms with Crippen molar-refractivity contribution in [3.8, 4) is 11.5 Å². The quantitative estimate of drug-likeness (QED) is 0.568. The van der Waals surface area contributed by atoms with E-state index < -0.39 is 18.6 Å². The zero-order valence-corrected chi connectivity index (χ0v) is 16.5. The molecule has 0 saturated carbocycles. The Morgan fingerprint density at radius 3 is 2.70 bits per heavy atom. The number of carbonyl (C=O) groups is 1. The molecule has 0 aliphatic carbocycles. The number of rotatable bonds is 8. The van der Waals surface area contributed by atoms with Gasteiger partial charge in [-0.1, -0.05) is 30.3 Å². The number of carbonyl (C=O) groups excluding carboxylic acids is 1. The van der Waals surface area contributed by atoms with Crippen molar-refractivity contribution < 1.29 is 23.0 Å². The van der Waals surface area contributed by atoms with Crippen LogP contribution in [0.25, 0.3) is 6.08 Å². The van der Waals surface area contributed by atoms with Gasteiger partial charge in [0, 0.05) is 31.1 Å². The molecule has 0 saturated heterocycles. The van der Waals surface area contributed by atoms with Gasteiger partial charge in [0.05, 0.1) is 7.11 Å². The van der Waals surface area contributed by atoms with E-state index in [1.165, 1.54) is 18.2 Å². The number of hydrogen-bond acceptors (Lipinski definition) is 4. The molecule has 6 nitrogen and oxygen atoms in total. The van der Waals surface area contributed by atoms with E-state index in [2.05, 4.69) is 15.0 Å². The van der Waals surface area contributed by atoms with Gasteiger partial charge in [-0.05, 0) is 29.8 Å². The van der Waals surface area contributed by atoms with Gasteiger partial charge in [-0.3, -0.25) is 4.79 Å². The second-order valence-electron chi connectivity index (χ2n) is 6.36. The van der Waals surface area contributed by atoms with Gasteiger partial charge in [0.1, 0.15) is 23.4 Å². The molecule has 1 aromatic heterocycles. The van der Waals surface area contributed by atoms with Gasteiger partial charge in [0.15, 0.2) is 0 Å². The predicted molar refractivity (Wildman–Crippen MR) is 108 cm³/mol. The van der Waals surface area contributed by atoms with Crippen LogP contribution in [0, 0.1) is 0 Å². The van der Waals surface area contributed by atoms with E-state index in [0.717, 1.165) is 5.56 Å². The molecular formula is C22H21F2N3O3. The molecule has 3 rings (SSSR count). The van der Waals surface area contributed by atoms with Crippen molar-refractivity contribution in [3.63, 3.8) is 0 Å². The first-order chi connectivity index (χ1) is 14.5. The number of imidazole rings is 1. The second kappa shape index (κ2) is 9.69. The molecule has 0 spiro atoms. The molecule has 0 radical (unpaired) electrons. The van der Waals surface area contributed by atoms with Gasteiger partial charge in [-0.2, -0.15) is 8.78 Å². The number of halogens is 2. The molecule has 0 aliphatic heterocycles. The Kier molecular flexibility index (Phi) is 6.79. The fourth-order valence-electron chi connectivity index (χ4n) is 2.95. The van der Waals surface area contributed by atoms with Gasteiger partial charge in [-0.15, -0.1) is 0 Å². The predicted octanol–water partition coefficient (Wildman–Crippen LogP) is 3.95. The maximum absolute atomic E-state index is 12.6. The third-order valence-electron chi connectivity index (χ3n) is 4.38. The normalized spacial score (nSPS) is 12.2. The van der Waals surface area contributed by atoms with Crippen molar-refractivity contribution in [1.82, 2.24) is 14.9 Å². The minimum absolute atomic E-state index is 0.00926. The van der Waals surface area contributed by atoms with Crippen LogP contribution in [0.5, 0.6) is 11.5 Å². The lowest BCUT2D eigenvalue weighted by Gasteiger charge is -2.19. The molecule has 1 atom stereocenters. The zero-order chi connectivity index (χ0) is 21.5. The smallest absolute Gasteiger partial charge is 0.387 e. The van der Waals surface area contributed by atoms with E-state index >= 15 is 0 Å². The number of hydrogen-bond donors (Lipinski definition) is 1. The Hall–Kier alpha value is -3.68. The van der Waals surface area contributed by atoms with Crippen LogP contribution in [-0.2, 0) is 11.8 Å². The van der Waals surface area contributed by atoms with Gasteiger partial charge in [0.25, 0.3) is 0 Å². The number of alkyl halides is 2. The summed E-state index contributed by atoms with van der Waals surface area (Å²) in [6, 6.07) is 13.0. The summed E-state index contributed by atoms with van der Waals surface area (Å²) in [6.45, 7) is -2.95. The fourth-order valence-corrected chi connectivity index (χ4v) is 2.95. The van der Waals surface area contributed by atoms with E-state index in [0.29, 0.717) is 17.1 Å². The number of ether oxygens (including phenoxy) is 2. The standard InChI is InChI=1S/C22H21F2N3O3/c1-27-13-12-25-21(27)20(16-7-5-8-17(14-16)29-2)26-19(28)11-10-15-6-3-4-9-18(15)30-22(23)24/h3-14,20,22H,1-2H3,(H,26,28)/b11-10+. The largest absolute Gasteiger partial charge is 0.497 e. The molecule has 8 heteroatoms. The Balaban J connectivity index is 1.84. The summed E-state index contributed by atoms with van der Waals surface area (Å²) >= 11 is 0. The van der Waals surface area contributed by atoms with E-state index in [4.69, 9.17) is 4.74 Å². The lowest BCUT2D eigenvalue weighted by molar-refractivity contribution is -0.117. The van der Waals surface area contributed by atoms with Gasteiger partial charge >= 0.3 is 6.61 Å². The van der Waals surface area contributed by atoms with Crippen molar-refractivity contribution in [2.45, 2.75) is 12.7 Å². The summed E-state index contributed by atoms with van der Waals surface area (Å²) < 4.78 is 36.7. The van der Waals surface area contributed by atoms with Crippen LogP contribution in [0.2, 0.25) is 0 Å². The molecule has 0 aliphatic rings. The minimum Gasteiger partial charge on any atom is -0.497 e. The Labute approximate surface area is 172 Å². The van der Waals surface area contributed by atoms with Crippen LogP contribution < -0.4 is 14.8 Å². The number of nitrogens with zero attached hydrogens (tertiary/aromatic N) is 2. The number of aromatic nitrogens is 2. The van der Waals surface area contributed by atoms with Crippen LogP contribution in [0.15, 0.2) is 67.0 Å². The average molecular weight is 413 g/mol. The van der Waals surface area contributed by atoms with E-state index in [9.17, 15) is 13.6 Å². The molecule has 30 heavy (non-hydrogen) atoms. The zero-order valence-electron chi connectivity index (χ0n) is 16.5. The lowest BCUT2D eigenvalue weighted by atomic mass is 10.1. The number of nitrogens with one attached hydrogen (secondary N) is 1. The van der Waals surface area contributed by atoms with Crippen molar-refractivity contribution in [3.05, 3.63) is 84.0 Å². The van der Waals surface area contributed by atoms with Crippen molar-refractivity contribution in [1.29, 1.82) is 0 Å². The monoisotopic (exact) mass is 413 g/mol. The van der Waals surface area contributed by atoms with Crippen LogP contribution in [-0.4, -0.2) is 29.2 Å². The molecule has 1 amide bonds. The molecule has 156 valence electrons. The lowest BCUT2D eigenvalue weighted by Crippen LogP contribution is -2.29. The first-order valence-electron chi connectivity index (χ1n) is 9.11. The summed E-state index contributed by atoms with van der Waals surface area (Å²) in [7, 11) is 3.39. The maximum Gasteiger partial charge on any atom is 0.387 e.